The number of hydrogen-bond donors (Lipinski definition) is 2. The molecule has 0 unspecified atom stereocenters. The van der Waals surface area contributed by atoms with Gasteiger partial charge in [-0.15, -0.1) is 0 Å². The summed E-state index contributed by atoms with van der Waals surface area (Å²) >= 11 is 0. The number of carbonyl (C=O) groups excluding carboxylic acids is 3. The van der Waals surface area contributed by atoms with Crippen LogP contribution in [0.5, 0.6) is 0 Å². The lowest BCUT2D eigenvalue weighted by molar-refractivity contribution is 0.0927. The maximum Gasteiger partial charge on any atom is 0.251 e. The van der Waals surface area contributed by atoms with Crippen molar-refractivity contribution in [2.24, 2.45) is 0 Å². The number of Topliss-reactive ketones (excluding diaryl/α,β-unsaturated/α-hetero) is 1. The van der Waals surface area contributed by atoms with Crippen LogP contribution in [0.3, 0.4) is 0 Å². The van der Waals surface area contributed by atoms with E-state index in [0.29, 0.717) is 29.8 Å². The Labute approximate surface area is 169 Å². The van der Waals surface area contributed by atoms with Gasteiger partial charge in [0, 0.05) is 29.8 Å². The first-order chi connectivity index (χ1) is 14.0. The third-order valence-corrected chi connectivity index (χ3v) is 4.50. The minimum atomic E-state index is -0.249. The normalized spacial score (nSPS) is 10.2. The second-order valence-electron chi connectivity index (χ2n) is 6.59. The van der Waals surface area contributed by atoms with Crippen molar-refractivity contribution in [2.75, 3.05) is 13.1 Å². The van der Waals surface area contributed by atoms with Crippen LogP contribution in [0.1, 0.15) is 38.0 Å². The zero-order valence-electron chi connectivity index (χ0n) is 16.1. The summed E-state index contributed by atoms with van der Waals surface area (Å²) < 4.78 is 0. The Morgan fingerprint density at radius 2 is 1.00 bits per heavy atom. The highest BCUT2D eigenvalue weighted by Gasteiger charge is 2.08. The van der Waals surface area contributed by atoms with E-state index in [1.54, 1.807) is 36.4 Å². The maximum atomic E-state index is 12.3. The Balaban J connectivity index is 1.46. The van der Waals surface area contributed by atoms with E-state index in [2.05, 4.69) is 10.6 Å². The molecule has 0 saturated heterocycles. The Kier molecular flexibility index (Phi) is 6.53. The summed E-state index contributed by atoms with van der Waals surface area (Å²) in [6.07, 6.45) is 0. The molecule has 0 radical (unpaired) electrons. The molecule has 5 heteroatoms. The molecule has 29 heavy (non-hydrogen) atoms. The average Bonchev–Trinajstić information content (AvgIpc) is 2.77. The summed E-state index contributed by atoms with van der Waals surface area (Å²) in [4.78, 5) is 35.6. The molecular formula is C24H22N2O3. The second-order valence-corrected chi connectivity index (χ2v) is 6.59. The van der Waals surface area contributed by atoms with Gasteiger partial charge in [-0.1, -0.05) is 54.6 Å². The zero-order valence-corrected chi connectivity index (χ0v) is 16.1. The van der Waals surface area contributed by atoms with E-state index >= 15 is 0 Å². The number of carbonyl (C=O) groups is 3. The van der Waals surface area contributed by atoms with Crippen LogP contribution in [0.15, 0.2) is 78.9 Å². The van der Waals surface area contributed by atoms with E-state index in [0.717, 1.165) is 11.1 Å². The number of hydrogen-bond acceptors (Lipinski definition) is 3. The van der Waals surface area contributed by atoms with E-state index < -0.39 is 0 Å². The molecular weight excluding hydrogens is 364 g/mol. The Morgan fingerprint density at radius 3 is 1.48 bits per heavy atom. The highest BCUT2D eigenvalue weighted by molar-refractivity contribution is 5.98. The van der Waals surface area contributed by atoms with Crippen LogP contribution in [-0.2, 0) is 0 Å². The van der Waals surface area contributed by atoms with E-state index in [1.807, 2.05) is 42.5 Å². The van der Waals surface area contributed by atoms with Crippen LogP contribution in [0, 0.1) is 0 Å². The van der Waals surface area contributed by atoms with Crippen LogP contribution in [0.2, 0.25) is 0 Å². The minimum Gasteiger partial charge on any atom is -0.350 e. The predicted octanol–water partition coefficient (Wildman–Crippen LogP) is 3.72. The highest BCUT2D eigenvalue weighted by atomic mass is 16.2. The SMILES string of the molecule is CC(=O)c1ccc(C(=O)NCCNC(=O)c2ccc(-c3ccccc3)cc2)cc1. The maximum absolute atomic E-state index is 12.3. The van der Waals surface area contributed by atoms with Crippen LogP contribution < -0.4 is 10.6 Å². The fourth-order valence-electron chi connectivity index (χ4n) is 2.86. The lowest BCUT2D eigenvalue weighted by Crippen LogP contribution is -2.34. The van der Waals surface area contributed by atoms with Crippen LogP contribution >= 0.6 is 0 Å². The smallest absolute Gasteiger partial charge is 0.251 e. The second kappa shape index (κ2) is 9.46. The topological polar surface area (TPSA) is 75.3 Å². The minimum absolute atomic E-state index is 0.0449. The Bertz CT molecular complexity index is 995. The van der Waals surface area contributed by atoms with Crippen LogP contribution in [-0.4, -0.2) is 30.7 Å². The molecule has 3 aromatic rings. The summed E-state index contributed by atoms with van der Waals surface area (Å²) in [5, 5.41) is 5.54. The zero-order chi connectivity index (χ0) is 20.6. The van der Waals surface area contributed by atoms with Crippen LogP contribution in [0.25, 0.3) is 11.1 Å². The molecule has 2 amide bonds. The molecule has 146 valence electrons. The van der Waals surface area contributed by atoms with E-state index in [1.165, 1.54) is 6.92 Å². The third-order valence-electron chi connectivity index (χ3n) is 4.50. The highest BCUT2D eigenvalue weighted by Crippen LogP contribution is 2.19. The summed E-state index contributed by atoms with van der Waals surface area (Å²) in [5.74, 6) is -0.484. The Morgan fingerprint density at radius 1 is 0.586 bits per heavy atom. The summed E-state index contributed by atoms with van der Waals surface area (Å²) in [5.41, 5.74) is 3.74. The van der Waals surface area contributed by atoms with Gasteiger partial charge in [-0.05, 0) is 42.3 Å². The first kappa shape index (κ1) is 20.0. The molecule has 3 aromatic carbocycles. The first-order valence-electron chi connectivity index (χ1n) is 9.37. The van der Waals surface area contributed by atoms with Gasteiger partial charge in [0.1, 0.15) is 0 Å². The molecule has 2 N–H and O–H groups in total. The van der Waals surface area contributed by atoms with E-state index in [9.17, 15) is 14.4 Å². The summed E-state index contributed by atoms with van der Waals surface area (Å²) in [7, 11) is 0. The van der Waals surface area contributed by atoms with Gasteiger partial charge in [-0.2, -0.15) is 0 Å². The van der Waals surface area contributed by atoms with Gasteiger partial charge >= 0.3 is 0 Å². The fourth-order valence-corrected chi connectivity index (χ4v) is 2.86. The van der Waals surface area contributed by atoms with Crippen LogP contribution in [0.4, 0.5) is 0 Å². The van der Waals surface area contributed by atoms with Crippen molar-refractivity contribution in [3.8, 4) is 11.1 Å². The van der Waals surface area contributed by atoms with E-state index in [4.69, 9.17) is 0 Å². The quantitative estimate of drug-likeness (QED) is 0.480. The Hall–Kier alpha value is -3.73. The van der Waals surface area contributed by atoms with Gasteiger partial charge in [0.15, 0.2) is 5.78 Å². The molecule has 0 bridgehead atoms. The molecule has 0 aliphatic carbocycles. The lowest BCUT2D eigenvalue weighted by atomic mass is 10.0. The van der Waals surface area contributed by atoms with Crippen molar-refractivity contribution < 1.29 is 14.4 Å². The molecule has 0 atom stereocenters. The van der Waals surface area contributed by atoms with Gasteiger partial charge in [0.2, 0.25) is 0 Å². The molecule has 0 aliphatic heterocycles. The van der Waals surface area contributed by atoms with Crippen molar-refractivity contribution in [3.63, 3.8) is 0 Å². The van der Waals surface area contributed by atoms with Gasteiger partial charge < -0.3 is 10.6 Å². The largest absolute Gasteiger partial charge is 0.350 e. The molecule has 0 heterocycles. The number of ketones is 1. The van der Waals surface area contributed by atoms with E-state index in [-0.39, 0.29) is 17.6 Å². The monoisotopic (exact) mass is 386 g/mol. The van der Waals surface area contributed by atoms with Crippen molar-refractivity contribution in [1.82, 2.24) is 10.6 Å². The number of rotatable bonds is 7. The predicted molar refractivity (Wildman–Crippen MR) is 113 cm³/mol. The molecule has 3 rings (SSSR count). The number of amides is 2. The van der Waals surface area contributed by atoms with Gasteiger partial charge in [0.05, 0.1) is 0 Å². The van der Waals surface area contributed by atoms with Crippen molar-refractivity contribution >= 4 is 17.6 Å². The molecule has 0 fully saturated rings. The molecule has 0 saturated carbocycles. The summed E-state index contributed by atoms with van der Waals surface area (Å²) in [6, 6.07) is 23.8. The third kappa shape index (κ3) is 5.39. The summed E-state index contributed by atoms with van der Waals surface area (Å²) in [6.45, 7) is 2.10. The standard InChI is InChI=1S/C24H22N2O3/c1-17(27)18-7-11-21(12-8-18)23(28)25-15-16-26-24(29)22-13-9-20(10-14-22)19-5-3-2-4-6-19/h2-14H,15-16H2,1H3,(H,25,28)(H,26,29). The average molecular weight is 386 g/mol. The van der Waals surface area contributed by atoms with Crippen molar-refractivity contribution in [2.45, 2.75) is 6.92 Å². The van der Waals surface area contributed by atoms with Crippen molar-refractivity contribution in [3.05, 3.63) is 95.6 Å². The van der Waals surface area contributed by atoms with Gasteiger partial charge in [-0.25, -0.2) is 0 Å². The molecule has 0 aromatic heterocycles. The molecule has 0 spiro atoms. The van der Waals surface area contributed by atoms with Gasteiger partial charge in [0.25, 0.3) is 11.8 Å². The number of nitrogens with one attached hydrogen (secondary N) is 2. The molecule has 0 aliphatic rings. The fraction of sp³-hybridized carbons (Fsp3) is 0.125. The lowest BCUT2D eigenvalue weighted by Gasteiger charge is -2.08. The first-order valence-corrected chi connectivity index (χ1v) is 9.37. The van der Waals surface area contributed by atoms with Gasteiger partial charge in [-0.3, -0.25) is 14.4 Å². The number of benzene rings is 3. The van der Waals surface area contributed by atoms with Crippen molar-refractivity contribution in [1.29, 1.82) is 0 Å². The molecule has 5 nitrogen and oxygen atoms in total.